The van der Waals surface area contributed by atoms with Crippen LogP contribution in [0.4, 0.5) is 0 Å². The highest BCUT2D eigenvalue weighted by atomic mass is 127. The average molecular weight is 545 g/mol. The summed E-state index contributed by atoms with van der Waals surface area (Å²) >= 11 is 0. The monoisotopic (exact) mass is 545 g/mol. The Labute approximate surface area is 200 Å². The summed E-state index contributed by atoms with van der Waals surface area (Å²) in [4.78, 5) is 9.25. The van der Waals surface area contributed by atoms with Crippen LogP contribution in [-0.4, -0.2) is 79.5 Å². The van der Waals surface area contributed by atoms with Crippen molar-refractivity contribution in [1.82, 2.24) is 20.3 Å². The van der Waals surface area contributed by atoms with Gasteiger partial charge in [0.2, 0.25) is 0 Å². The Morgan fingerprint density at radius 3 is 2.42 bits per heavy atom. The fourth-order valence-corrected chi connectivity index (χ4v) is 3.39. The Kier molecular flexibility index (Phi) is 10.3. The summed E-state index contributed by atoms with van der Waals surface area (Å²) in [5, 5.41) is 18.0. The molecule has 10 heteroatoms. The number of aliphatic hydroxyl groups excluding tert-OH is 1. The van der Waals surface area contributed by atoms with Gasteiger partial charge in [-0.15, -0.1) is 24.0 Å². The molecule has 1 aliphatic heterocycles. The third-order valence-corrected chi connectivity index (χ3v) is 5.06. The molecule has 0 bridgehead atoms. The van der Waals surface area contributed by atoms with Crippen molar-refractivity contribution < 1.29 is 19.1 Å². The Bertz CT molecular complexity index is 788. The largest absolute Gasteiger partial charge is 0.497 e. The highest BCUT2D eigenvalue weighted by Gasteiger charge is 2.21. The van der Waals surface area contributed by atoms with E-state index in [-0.39, 0.29) is 30.5 Å². The van der Waals surface area contributed by atoms with Crippen LogP contribution in [0.25, 0.3) is 0 Å². The van der Waals surface area contributed by atoms with Gasteiger partial charge in [0.15, 0.2) is 5.96 Å². The van der Waals surface area contributed by atoms with Crippen molar-refractivity contribution in [3.8, 4) is 11.5 Å². The van der Waals surface area contributed by atoms with Crippen molar-refractivity contribution in [2.75, 3.05) is 53.5 Å². The number of aliphatic hydroxyl groups is 1. The van der Waals surface area contributed by atoms with Gasteiger partial charge in [0.05, 0.1) is 32.6 Å². The van der Waals surface area contributed by atoms with Crippen molar-refractivity contribution in [2.24, 2.45) is 4.99 Å². The van der Waals surface area contributed by atoms with Crippen LogP contribution in [0.15, 0.2) is 40.0 Å². The minimum absolute atomic E-state index is 0. The van der Waals surface area contributed by atoms with Crippen LogP contribution in [0.5, 0.6) is 11.5 Å². The third kappa shape index (κ3) is 7.25. The van der Waals surface area contributed by atoms with Crippen LogP contribution in [0, 0.1) is 0 Å². The van der Waals surface area contributed by atoms with Crippen LogP contribution in [-0.2, 0) is 6.54 Å². The van der Waals surface area contributed by atoms with E-state index in [0.29, 0.717) is 17.1 Å². The fourth-order valence-electron chi connectivity index (χ4n) is 3.39. The first kappa shape index (κ1) is 25.2. The summed E-state index contributed by atoms with van der Waals surface area (Å²) in [6, 6.07) is 7.28. The van der Waals surface area contributed by atoms with Crippen molar-refractivity contribution in [1.29, 1.82) is 0 Å². The van der Waals surface area contributed by atoms with E-state index in [1.165, 1.54) is 0 Å². The maximum Gasteiger partial charge on any atom is 0.194 e. The molecule has 1 aromatic carbocycles. The lowest BCUT2D eigenvalue weighted by molar-refractivity contribution is 0.166. The van der Waals surface area contributed by atoms with Crippen LogP contribution >= 0.6 is 24.0 Å². The van der Waals surface area contributed by atoms with Crippen LogP contribution in [0.1, 0.15) is 24.3 Å². The number of piperazine rings is 1. The second kappa shape index (κ2) is 12.7. The zero-order chi connectivity index (χ0) is 21.3. The number of methoxy groups -OCH3 is 2. The van der Waals surface area contributed by atoms with Crippen LogP contribution < -0.4 is 14.8 Å². The molecule has 1 aliphatic rings. The van der Waals surface area contributed by atoms with Crippen LogP contribution in [0.2, 0.25) is 0 Å². The zero-order valence-electron chi connectivity index (χ0n) is 18.3. The standard InChI is InChI=1S/C21H31N5O4.HI/c1-4-22-21(26-8-6-25(7-9-26)15-17-5-10-30-24-17)23-14-20(27)16-11-18(28-2)13-19(12-16)29-3;/h5,10-13,20,27H,4,6-9,14-15H2,1-3H3,(H,22,23);1H. The van der Waals surface area contributed by atoms with Gasteiger partial charge < -0.3 is 29.3 Å². The van der Waals surface area contributed by atoms with E-state index in [2.05, 4.69) is 25.3 Å². The molecule has 2 N–H and O–H groups in total. The van der Waals surface area contributed by atoms with Gasteiger partial charge >= 0.3 is 0 Å². The second-order valence-electron chi connectivity index (χ2n) is 7.11. The molecular weight excluding hydrogens is 513 g/mol. The number of guanidine groups is 1. The smallest absolute Gasteiger partial charge is 0.194 e. The molecular formula is C21H32IN5O4. The second-order valence-corrected chi connectivity index (χ2v) is 7.11. The Morgan fingerprint density at radius 1 is 1.19 bits per heavy atom. The maximum atomic E-state index is 10.7. The number of hydrogen-bond donors (Lipinski definition) is 2. The summed E-state index contributed by atoms with van der Waals surface area (Å²) in [6.07, 6.45) is 0.848. The summed E-state index contributed by atoms with van der Waals surface area (Å²) in [5.74, 6) is 2.09. The van der Waals surface area contributed by atoms with Gasteiger partial charge in [0.1, 0.15) is 17.8 Å². The first-order chi connectivity index (χ1) is 14.6. The van der Waals surface area contributed by atoms with Crippen molar-refractivity contribution in [2.45, 2.75) is 19.6 Å². The molecule has 1 aromatic heterocycles. The van der Waals surface area contributed by atoms with Gasteiger partial charge in [-0.1, -0.05) is 5.16 Å². The summed E-state index contributed by atoms with van der Waals surface area (Å²) in [5.41, 5.74) is 1.66. The predicted octanol–water partition coefficient (Wildman–Crippen LogP) is 2.13. The topological polar surface area (TPSA) is 95.6 Å². The van der Waals surface area contributed by atoms with Gasteiger partial charge in [-0.3, -0.25) is 9.89 Å². The lowest BCUT2D eigenvalue weighted by atomic mass is 10.1. The number of aromatic nitrogens is 1. The van der Waals surface area contributed by atoms with Crippen molar-refractivity contribution in [3.63, 3.8) is 0 Å². The molecule has 0 spiro atoms. The van der Waals surface area contributed by atoms with Gasteiger partial charge in [-0.2, -0.15) is 0 Å². The van der Waals surface area contributed by atoms with Crippen molar-refractivity contribution in [3.05, 3.63) is 41.8 Å². The summed E-state index contributed by atoms with van der Waals surface area (Å²) in [7, 11) is 3.18. The molecule has 1 fully saturated rings. The molecule has 1 atom stereocenters. The first-order valence-electron chi connectivity index (χ1n) is 10.2. The molecule has 2 aromatic rings. The minimum Gasteiger partial charge on any atom is -0.497 e. The predicted molar refractivity (Wildman–Crippen MR) is 129 cm³/mol. The Balaban J connectivity index is 0.00000341. The van der Waals surface area contributed by atoms with Gasteiger partial charge in [0, 0.05) is 51.4 Å². The molecule has 31 heavy (non-hydrogen) atoms. The summed E-state index contributed by atoms with van der Waals surface area (Å²) in [6.45, 7) is 7.37. The van der Waals surface area contributed by atoms with Crippen molar-refractivity contribution >= 4 is 29.9 Å². The van der Waals surface area contributed by atoms with E-state index in [9.17, 15) is 5.11 Å². The number of nitrogens with one attached hydrogen (secondary N) is 1. The number of ether oxygens (including phenoxy) is 2. The molecule has 0 radical (unpaired) electrons. The summed E-state index contributed by atoms with van der Waals surface area (Å²) < 4.78 is 15.5. The lowest BCUT2D eigenvalue weighted by Crippen LogP contribution is -2.52. The van der Waals surface area contributed by atoms with E-state index in [1.54, 1.807) is 38.7 Å². The fraction of sp³-hybridized carbons (Fsp3) is 0.524. The number of aliphatic imine (C=N–C) groups is 1. The normalized spacial score (nSPS) is 15.9. The highest BCUT2D eigenvalue weighted by Crippen LogP contribution is 2.26. The minimum atomic E-state index is -0.754. The van der Waals surface area contributed by atoms with Gasteiger partial charge in [-0.25, -0.2) is 0 Å². The van der Waals surface area contributed by atoms with E-state index in [1.807, 2.05) is 13.0 Å². The number of benzene rings is 1. The number of hydrogen-bond acceptors (Lipinski definition) is 7. The average Bonchev–Trinajstić information content (AvgIpc) is 3.29. The quantitative estimate of drug-likeness (QED) is 0.296. The van der Waals surface area contributed by atoms with Gasteiger partial charge in [0.25, 0.3) is 0 Å². The Hall–Kier alpha value is -2.05. The van der Waals surface area contributed by atoms with E-state index in [4.69, 9.17) is 14.0 Å². The molecule has 9 nitrogen and oxygen atoms in total. The van der Waals surface area contributed by atoms with E-state index < -0.39 is 6.10 Å². The SMILES string of the molecule is CCNC(=NCC(O)c1cc(OC)cc(OC)c1)N1CCN(Cc2ccon2)CC1.I. The third-order valence-electron chi connectivity index (χ3n) is 5.06. The molecule has 1 saturated heterocycles. The number of rotatable bonds is 8. The molecule has 0 amide bonds. The Morgan fingerprint density at radius 2 is 1.87 bits per heavy atom. The molecule has 2 heterocycles. The molecule has 1 unspecified atom stereocenters. The molecule has 172 valence electrons. The van der Waals surface area contributed by atoms with E-state index in [0.717, 1.165) is 50.9 Å². The number of halogens is 1. The highest BCUT2D eigenvalue weighted by molar-refractivity contribution is 14.0. The molecule has 0 aliphatic carbocycles. The zero-order valence-corrected chi connectivity index (χ0v) is 20.6. The first-order valence-corrected chi connectivity index (χ1v) is 10.2. The molecule has 0 saturated carbocycles. The lowest BCUT2D eigenvalue weighted by Gasteiger charge is -2.36. The van der Waals surface area contributed by atoms with Gasteiger partial charge in [-0.05, 0) is 24.6 Å². The van der Waals surface area contributed by atoms with Crippen LogP contribution in [0.3, 0.4) is 0 Å². The molecule has 3 rings (SSSR count). The van der Waals surface area contributed by atoms with E-state index >= 15 is 0 Å². The number of nitrogens with zero attached hydrogens (tertiary/aromatic N) is 4. The maximum absolute atomic E-state index is 10.7.